The number of anilines is 2. The van der Waals surface area contributed by atoms with Gasteiger partial charge in [0.1, 0.15) is 18.0 Å². The molecule has 1 aliphatic rings. The predicted octanol–water partition coefficient (Wildman–Crippen LogP) is 4.28. The zero-order chi connectivity index (χ0) is 24.2. The van der Waals surface area contributed by atoms with Crippen LogP contribution in [0.5, 0.6) is 11.5 Å². The highest BCUT2D eigenvalue weighted by atomic mass is 35.5. The molecule has 0 aliphatic carbocycles. The minimum atomic E-state index is -1.10. The van der Waals surface area contributed by atoms with Gasteiger partial charge in [-0.2, -0.15) is 0 Å². The van der Waals surface area contributed by atoms with Crippen LogP contribution >= 0.6 is 11.6 Å². The van der Waals surface area contributed by atoms with Crippen molar-refractivity contribution in [1.82, 2.24) is 14.9 Å². The lowest BCUT2D eigenvalue weighted by Crippen LogP contribution is -2.37. The molecular weight excluding hydrogens is 423 g/mol. The van der Waals surface area contributed by atoms with Crippen molar-refractivity contribution >= 4 is 34.0 Å². The Balaban J connectivity index is 1.59. The number of rotatable bonds is 8. The molecule has 1 aromatic heterocycles. The summed E-state index contributed by atoms with van der Waals surface area (Å²) in [6.07, 6.45) is 2.13. The maximum atomic E-state index is 14.0. The predicted molar refractivity (Wildman–Crippen MR) is 118 cm³/mol. The molecule has 0 unspecified atom stereocenters. The quantitative estimate of drug-likeness (QED) is 0.515. The molecule has 164 valence electrons. The van der Waals surface area contributed by atoms with Crippen LogP contribution in [-0.4, -0.2) is 61.4 Å². The maximum Gasteiger partial charge on any atom is 0.162 e. The lowest BCUT2D eigenvalue weighted by atomic mass is 10.2. The van der Waals surface area contributed by atoms with E-state index in [0.29, 0.717) is 29.0 Å². The molecule has 0 amide bonds. The number of hydrogen-bond donors (Lipinski definition) is 1. The van der Waals surface area contributed by atoms with Crippen LogP contribution in [0.4, 0.5) is 15.9 Å². The van der Waals surface area contributed by atoms with Gasteiger partial charge < -0.3 is 19.5 Å². The van der Waals surface area contributed by atoms with Gasteiger partial charge in [-0.3, -0.25) is 4.90 Å². The molecule has 1 saturated heterocycles. The number of halogens is 2. The fourth-order valence-electron chi connectivity index (χ4n) is 3.28. The van der Waals surface area contributed by atoms with Crippen molar-refractivity contribution in [3.8, 4) is 11.5 Å². The highest BCUT2D eigenvalue weighted by Gasteiger charge is 2.14. The number of nitrogens with one attached hydrogen (secondary N) is 1. The van der Waals surface area contributed by atoms with Crippen molar-refractivity contribution in [3.05, 3.63) is 47.4 Å². The van der Waals surface area contributed by atoms with E-state index in [-0.39, 0.29) is 11.5 Å². The monoisotopic (exact) mass is 449 g/mol. The Morgan fingerprint density at radius 2 is 2.10 bits per heavy atom. The van der Waals surface area contributed by atoms with E-state index in [1.165, 1.54) is 13.4 Å². The first-order valence-corrected chi connectivity index (χ1v) is 10.3. The molecule has 2 heterocycles. The van der Waals surface area contributed by atoms with Gasteiger partial charge in [0, 0.05) is 36.8 Å². The lowest BCUT2D eigenvalue weighted by molar-refractivity contribution is 0.0357. The zero-order valence-electron chi connectivity index (χ0n) is 20.0. The summed E-state index contributed by atoms with van der Waals surface area (Å²) < 4.78 is 54.7. The Morgan fingerprint density at radius 3 is 2.90 bits per heavy atom. The van der Waals surface area contributed by atoms with Crippen LogP contribution in [0.15, 0.2) is 36.6 Å². The summed E-state index contributed by atoms with van der Waals surface area (Å²) in [6.45, 7) is 4.68. The first-order valence-electron chi connectivity index (χ1n) is 11.4. The van der Waals surface area contributed by atoms with Crippen molar-refractivity contribution in [3.63, 3.8) is 0 Å². The number of morpholine rings is 1. The minimum Gasteiger partial charge on any atom is -0.493 e. The molecule has 0 spiro atoms. The summed E-state index contributed by atoms with van der Waals surface area (Å²) in [5.41, 5.74) is 0.410. The second-order valence-corrected chi connectivity index (χ2v) is 7.28. The van der Waals surface area contributed by atoms with E-state index in [9.17, 15) is 4.39 Å². The normalized spacial score (nSPS) is 15.9. The molecule has 31 heavy (non-hydrogen) atoms. The van der Waals surface area contributed by atoms with Gasteiger partial charge in [-0.15, -0.1) is 0 Å². The maximum absolute atomic E-state index is 14.0. The standard InChI is InChI=1S/C22H24ClFN4O3/c1-29-20-13-19-16(12-21(20)31-8-2-5-28-6-9-30-10-7-28)22(26-14-25-19)27-15-3-4-18(24)17(23)11-15/h3-4,11-14H,2,5-10H2,1H3,(H,25,26,27)/i3D,4D,11D. The topological polar surface area (TPSA) is 68.7 Å². The molecule has 0 saturated carbocycles. The van der Waals surface area contributed by atoms with Gasteiger partial charge >= 0.3 is 0 Å². The van der Waals surface area contributed by atoms with E-state index in [1.807, 2.05) is 0 Å². The molecule has 1 fully saturated rings. The van der Waals surface area contributed by atoms with E-state index < -0.39 is 29.0 Å². The number of hydrogen-bond acceptors (Lipinski definition) is 7. The third-order valence-electron chi connectivity index (χ3n) is 4.87. The molecule has 2 aromatic carbocycles. The van der Waals surface area contributed by atoms with Gasteiger partial charge in [-0.25, -0.2) is 14.4 Å². The van der Waals surface area contributed by atoms with Crippen LogP contribution in [0.3, 0.4) is 0 Å². The smallest absolute Gasteiger partial charge is 0.162 e. The Hall–Kier alpha value is -2.68. The summed E-state index contributed by atoms with van der Waals surface area (Å²) in [4.78, 5) is 10.8. The molecular formula is C22H24ClFN4O3. The average molecular weight is 450 g/mol. The first-order chi connectivity index (χ1) is 16.4. The number of methoxy groups -OCH3 is 1. The van der Waals surface area contributed by atoms with E-state index in [4.69, 9.17) is 29.9 Å². The van der Waals surface area contributed by atoms with Gasteiger partial charge in [0.05, 0.1) is 41.6 Å². The van der Waals surface area contributed by atoms with Crippen LogP contribution in [0, 0.1) is 5.82 Å². The molecule has 9 heteroatoms. The highest BCUT2D eigenvalue weighted by molar-refractivity contribution is 6.31. The van der Waals surface area contributed by atoms with Crippen LogP contribution < -0.4 is 14.8 Å². The Morgan fingerprint density at radius 1 is 1.26 bits per heavy atom. The van der Waals surface area contributed by atoms with E-state index in [1.54, 1.807) is 12.1 Å². The average Bonchev–Trinajstić information content (AvgIpc) is 2.87. The number of benzene rings is 2. The summed E-state index contributed by atoms with van der Waals surface area (Å²) in [7, 11) is 1.54. The Kier molecular flexibility index (Phi) is 5.84. The van der Waals surface area contributed by atoms with Crippen LogP contribution in [-0.2, 0) is 4.74 Å². The van der Waals surface area contributed by atoms with Gasteiger partial charge in [-0.05, 0) is 30.6 Å². The number of ether oxygens (including phenoxy) is 3. The van der Waals surface area contributed by atoms with Gasteiger partial charge in [0.15, 0.2) is 11.5 Å². The fourth-order valence-corrected chi connectivity index (χ4v) is 3.42. The van der Waals surface area contributed by atoms with Crippen molar-refractivity contribution in [2.75, 3.05) is 51.9 Å². The van der Waals surface area contributed by atoms with Crippen LogP contribution in [0.2, 0.25) is 5.02 Å². The van der Waals surface area contributed by atoms with Crippen molar-refractivity contribution in [2.45, 2.75) is 6.42 Å². The van der Waals surface area contributed by atoms with E-state index >= 15 is 0 Å². The van der Waals surface area contributed by atoms with E-state index in [2.05, 4.69) is 20.2 Å². The summed E-state index contributed by atoms with van der Waals surface area (Å²) in [5.74, 6) is 0.150. The summed E-state index contributed by atoms with van der Waals surface area (Å²) in [5, 5.41) is 2.86. The third kappa shape index (κ3) is 5.33. The molecule has 1 aliphatic heterocycles. The van der Waals surface area contributed by atoms with E-state index in [0.717, 1.165) is 39.3 Å². The second-order valence-electron chi connectivity index (χ2n) is 6.90. The van der Waals surface area contributed by atoms with Gasteiger partial charge in [0.2, 0.25) is 0 Å². The minimum absolute atomic E-state index is 0.125. The summed E-state index contributed by atoms with van der Waals surface area (Å²) >= 11 is 5.85. The molecule has 7 nitrogen and oxygen atoms in total. The number of nitrogens with zero attached hydrogens (tertiary/aromatic N) is 3. The number of aromatic nitrogens is 2. The molecule has 4 rings (SSSR count). The SMILES string of the molecule is [2H]c1c([2H])c(Nc2ncnc3cc(OC)c(OCCCN4CCOCC4)cc23)c([2H])c(Cl)c1F. The molecule has 0 radical (unpaired) electrons. The van der Waals surface area contributed by atoms with Crippen LogP contribution in [0.1, 0.15) is 10.5 Å². The summed E-state index contributed by atoms with van der Waals surface area (Å²) in [6, 6.07) is 1.79. The molecule has 1 N–H and O–H groups in total. The van der Waals surface area contributed by atoms with Crippen molar-refractivity contribution in [1.29, 1.82) is 0 Å². The van der Waals surface area contributed by atoms with Gasteiger partial charge in [0.25, 0.3) is 0 Å². The van der Waals surface area contributed by atoms with Crippen molar-refractivity contribution < 1.29 is 22.7 Å². The molecule has 0 bridgehead atoms. The first kappa shape index (κ1) is 17.9. The number of fused-ring (bicyclic) bond motifs is 1. The van der Waals surface area contributed by atoms with Crippen LogP contribution in [0.25, 0.3) is 10.9 Å². The van der Waals surface area contributed by atoms with Crippen molar-refractivity contribution in [2.24, 2.45) is 0 Å². The van der Waals surface area contributed by atoms with Gasteiger partial charge in [-0.1, -0.05) is 11.6 Å². The third-order valence-corrected chi connectivity index (χ3v) is 5.13. The lowest BCUT2D eigenvalue weighted by Gasteiger charge is -2.26. The zero-order valence-corrected chi connectivity index (χ0v) is 17.8. The molecule has 0 atom stereocenters. The Labute approximate surface area is 189 Å². The Bertz CT molecular complexity index is 1170. The molecule has 3 aromatic rings. The fraction of sp³-hybridized carbons (Fsp3) is 0.364. The highest BCUT2D eigenvalue weighted by Crippen LogP contribution is 2.35. The second kappa shape index (κ2) is 10.1. The largest absolute Gasteiger partial charge is 0.493 e.